The third kappa shape index (κ3) is 3.43. The second kappa shape index (κ2) is 6.83. The van der Waals surface area contributed by atoms with Crippen LogP contribution in [0.1, 0.15) is 32.4 Å². The van der Waals surface area contributed by atoms with Crippen LogP contribution in [-0.4, -0.2) is 37.7 Å². The summed E-state index contributed by atoms with van der Waals surface area (Å²) in [5.74, 6) is 2.12. The summed E-state index contributed by atoms with van der Waals surface area (Å²) in [7, 11) is 0. The third-order valence-corrected chi connectivity index (χ3v) is 2.73. The van der Waals surface area contributed by atoms with E-state index in [1.165, 1.54) is 0 Å². The molecule has 108 valence electrons. The van der Waals surface area contributed by atoms with Crippen LogP contribution in [0.5, 0.6) is 6.01 Å². The first-order chi connectivity index (χ1) is 9.76. The summed E-state index contributed by atoms with van der Waals surface area (Å²) >= 11 is 0. The standard InChI is InChI=1S/C13H20N6O/c1-4-14-12-16-10(17-13(18-12)20-6-3)9-11-15-7-8-19(11)5-2/h7-8H,4-6,9H2,1-3H3,(H,14,16,17,18). The Kier molecular flexibility index (Phi) is 4.86. The molecule has 0 aliphatic carbocycles. The SMILES string of the molecule is CCNc1nc(Cc2nccn2CC)nc(OCC)n1. The molecule has 0 saturated heterocycles. The van der Waals surface area contributed by atoms with Gasteiger partial charge < -0.3 is 14.6 Å². The molecule has 0 amide bonds. The normalized spacial score (nSPS) is 10.6. The van der Waals surface area contributed by atoms with Crippen LogP contribution < -0.4 is 10.1 Å². The largest absolute Gasteiger partial charge is 0.464 e. The zero-order valence-electron chi connectivity index (χ0n) is 12.1. The summed E-state index contributed by atoms with van der Waals surface area (Å²) in [4.78, 5) is 17.2. The van der Waals surface area contributed by atoms with Crippen LogP contribution in [0.3, 0.4) is 0 Å². The van der Waals surface area contributed by atoms with E-state index in [9.17, 15) is 0 Å². The molecule has 0 bridgehead atoms. The maximum absolute atomic E-state index is 5.38. The minimum Gasteiger partial charge on any atom is -0.464 e. The van der Waals surface area contributed by atoms with Gasteiger partial charge in [0.1, 0.15) is 11.6 Å². The smallest absolute Gasteiger partial charge is 0.321 e. The van der Waals surface area contributed by atoms with E-state index in [1.54, 1.807) is 6.20 Å². The average Bonchev–Trinajstić information content (AvgIpc) is 2.86. The van der Waals surface area contributed by atoms with Crippen LogP contribution in [0, 0.1) is 0 Å². The van der Waals surface area contributed by atoms with Gasteiger partial charge >= 0.3 is 6.01 Å². The molecule has 0 spiro atoms. The predicted octanol–water partition coefficient (Wildman–Crippen LogP) is 1.51. The highest BCUT2D eigenvalue weighted by Gasteiger charge is 2.10. The van der Waals surface area contributed by atoms with Gasteiger partial charge in [0.2, 0.25) is 5.95 Å². The fraction of sp³-hybridized carbons (Fsp3) is 0.538. The predicted molar refractivity (Wildman–Crippen MR) is 75.9 cm³/mol. The van der Waals surface area contributed by atoms with Crippen molar-refractivity contribution in [3.8, 4) is 6.01 Å². The molecule has 0 atom stereocenters. The number of ether oxygens (including phenoxy) is 1. The molecule has 0 fully saturated rings. The lowest BCUT2D eigenvalue weighted by atomic mass is 10.3. The highest BCUT2D eigenvalue weighted by molar-refractivity contribution is 5.26. The molecule has 7 nitrogen and oxygen atoms in total. The highest BCUT2D eigenvalue weighted by atomic mass is 16.5. The Morgan fingerprint density at radius 1 is 1.20 bits per heavy atom. The Morgan fingerprint density at radius 2 is 2.05 bits per heavy atom. The molecule has 2 heterocycles. The van der Waals surface area contributed by atoms with Crippen molar-refractivity contribution in [2.45, 2.75) is 33.7 Å². The zero-order chi connectivity index (χ0) is 14.4. The number of hydrogen-bond acceptors (Lipinski definition) is 6. The first-order valence-electron chi connectivity index (χ1n) is 6.88. The molecule has 2 rings (SSSR count). The highest BCUT2D eigenvalue weighted by Crippen LogP contribution is 2.11. The molecule has 7 heteroatoms. The summed E-state index contributed by atoms with van der Waals surface area (Å²) in [6, 6.07) is 0.350. The van der Waals surface area contributed by atoms with Crippen LogP contribution in [-0.2, 0) is 13.0 Å². The van der Waals surface area contributed by atoms with Gasteiger partial charge in [-0.05, 0) is 20.8 Å². The van der Waals surface area contributed by atoms with Crippen molar-refractivity contribution in [2.75, 3.05) is 18.5 Å². The quantitative estimate of drug-likeness (QED) is 0.826. The van der Waals surface area contributed by atoms with Crippen LogP contribution in [0.15, 0.2) is 12.4 Å². The number of nitrogens with zero attached hydrogens (tertiary/aromatic N) is 5. The van der Waals surface area contributed by atoms with Crippen molar-refractivity contribution in [2.24, 2.45) is 0 Å². The lowest BCUT2D eigenvalue weighted by molar-refractivity contribution is 0.310. The maximum atomic E-state index is 5.38. The second-order valence-corrected chi connectivity index (χ2v) is 4.13. The van der Waals surface area contributed by atoms with E-state index in [1.807, 2.05) is 20.0 Å². The van der Waals surface area contributed by atoms with E-state index in [0.29, 0.717) is 30.8 Å². The Balaban J connectivity index is 2.25. The Bertz CT molecular complexity index is 529. The van der Waals surface area contributed by atoms with E-state index in [-0.39, 0.29) is 0 Å². The summed E-state index contributed by atoms with van der Waals surface area (Å²) < 4.78 is 7.45. The molecular formula is C13H20N6O. The first kappa shape index (κ1) is 14.2. The number of aromatic nitrogens is 5. The van der Waals surface area contributed by atoms with Gasteiger partial charge in [0.15, 0.2) is 0 Å². The van der Waals surface area contributed by atoms with Gasteiger partial charge in [0, 0.05) is 25.5 Å². The summed E-state index contributed by atoms with van der Waals surface area (Å²) in [6.07, 6.45) is 4.29. The van der Waals surface area contributed by atoms with Gasteiger partial charge in [-0.2, -0.15) is 15.0 Å². The van der Waals surface area contributed by atoms with Crippen LogP contribution in [0.2, 0.25) is 0 Å². The molecule has 0 aromatic carbocycles. The number of imidazole rings is 1. The van der Waals surface area contributed by atoms with Gasteiger partial charge in [-0.3, -0.25) is 0 Å². The molecule has 2 aromatic heterocycles. The van der Waals surface area contributed by atoms with Crippen LogP contribution >= 0.6 is 0 Å². The number of hydrogen-bond donors (Lipinski definition) is 1. The third-order valence-electron chi connectivity index (χ3n) is 2.73. The molecule has 2 aromatic rings. The van der Waals surface area contributed by atoms with Crippen molar-refractivity contribution < 1.29 is 4.74 Å². The van der Waals surface area contributed by atoms with Gasteiger partial charge in [0.25, 0.3) is 0 Å². The number of aryl methyl sites for hydroxylation is 1. The molecular weight excluding hydrogens is 256 g/mol. The molecule has 0 unspecified atom stereocenters. The Morgan fingerprint density at radius 3 is 2.75 bits per heavy atom. The Hall–Kier alpha value is -2.18. The maximum Gasteiger partial charge on any atom is 0.321 e. The number of rotatable bonds is 7. The first-order valence-corrected chi connectivity index (χ1v) is 6.88. The van der Waals surface area contributed by atoms with Gasteiger partial charge in [0.05, 0.1) is 13.0 Å². The molecule has 0 radical (unpaired) electrons. The molecule has 1 N–H and O–H groups in total. The molecule has 0 aliphatic rings. The number of nitrogens with one attached hydrogen (secondary N) is 1. The summed E-state index contributed by atoms with van der Waals surface area (Å²) in [5.41, 5.74) is 0. The summed E-state index contributed by atoms with van der Waals surface area (Å²) in [6.45, 7) is 8.12. The van der Waals surface area contributed by atoms with E-state index in [0.717, 1.165) is 18.9 Å². The monoisotopic (exact) mass is 276 g/mol. The second-order valence-electron chi connectivity index (χ2n) is 4.13. The average molecular weight is 276 g/mol. The minimum absolute atomic E-state index is 0.350. The topological polar surface area (TPSA) is 77.8 Å². The van der Waals surface area contributed by atoms with E-state index in [2.05, 4.69) is 36.7 Å². The molecule has 20 heavy (non-hydrogen) atoms. The molecule has 0 saturated carbocycles. The van der Waals surface area contributed by atoms with Gasteiger partial charge in [-0.1, -0.05) is 0 Å². The zero-order valence-corrected chi connectivity index (χ0v) is 12.1. The van der Waals surface area contributed by atoms with E-state index < -0.39 is 0 Å². The molecule has 0 aliphatic heterocycles. The lowest BCUT2D eigenvalue weighted by Gasteiger charge is -2.08. The van der Waals surface area contributed by atoms with Crippen molar-refractivity contribution in [3.05, 3.63) is 24.0 Å². The summed E-state index contributed by atoms with van der Waals surface area (Å²) in [5, 5.41) is 3.09. The fourth-order valence-electron chi connectivity index (χ4n) is 1.84. The van der Waals surface area contributed by atoms with E-state index >= 15 is 0 Å². The van der Waals surface area contributed by atoms with Gasteiger partial charge in [-0.25, -0.2) is 4.98 Å². The van der Waals surface area contributed by atoms with Crippen molar-refractivity contribution >= 4 is 5.95 Å². The van der Waals surface area contributed by atoms with Crippen molar-refractivity contribution in [1.82, 2.24) is 24.5 Å². The van der Waals surface area contributed by atoms with Crippen LogP contribution in [0.4, 0.5) is 5.95 Å². The van der Waals surface area contributed by atoms with Crippen molar-refractivity contribution in [3.63, 3.8) is 0 Å². The lowest BCUT2D eigenvalue weighted by Crippen LogP contribution is -2.11. The minimum atomic E-state index is 0.350. The number of anilines is 1. The fourth-order valence-corrected chi connectivity index (χ4v) is 1.84. The van der Waals surface area contributed by atoms with E-state index in [4.69, 9.17) is 4.74 Å². The Labute approximate surface area is 118 Å². The van der Waals surface area contributed by atoms with Crippen molar-refractivity contribution in [1.29, 1.82) is 0 Å². The van der Waals surface area contributed by atoms with Gasteiger partial charge in [-0.15, -0.1) is 0 Å². The van der Waals surface area contributed by atoms with Crippen LogP contribution in [0.25, 0.3) is 0 Å².